The molecule has 8 heteroatoms. The second-order valence-corrected chi connectivity index (χ2v) is 8.29. The minimum atomic E-state index is -0.0514. The Hall–Kier alpha value is -2.84. The molecule has 1 saturated heterocycles. The van der Waals surface area contributed by atoms with Gasteiger partial charge in [0.25, 0.3) is 0 Å². The zero-order valence-electron chi connectivity index (χ0n) is 17.9. The molecule has 0 unspecified atom stereocenters. The number of nitrogens with one attached hydrogen (secondary N) is 1. The highest BCUT2D eigenvalue weighted by atomic mass is 32.2. The first-order chi connectivity index (χ1) is 15.2. The second-order valence-electron chi connectivity index (χ2n) is 7.35. The number of benzene rings is 2. The molecule has 1 fully saturated rings. The van der Waals surface area contributed by atoms with Gasteiger partial charge in [0.2, 0.25) is 11.9 Å². The highest BCUT2D eigenvalue weighted by molar-refractivity contribution is 7.99. The van der Waals surface area contributed by atoms with Gasteiger partial charge in [-0.3, -0.25) is 9.36 Å². The molecule has 1 amide bonds. The van der Waals surface area contributed by atoms with Crippen molar-refractivity contribution in [2.45, 2.75) is 25.4 Å². The Labute approximate surface area is 186 Å². The molecule has 0 atom stereocenters. The Balaban J connectivity index is 1.53. The van der Waals surface area contributed by atoms with Crippen LogP contribution in [0.3, 0.4) is 0 Å². The van der Waals surface area contributed by atoms with Gasteiger partial charge in [0.1, 0.15) is 0 Å². The van der Waals surface area contributed by atoms with Crippen molar-refractivity contribution in [1.29, 1.82) is 0 Å². The number of carbonyl (C=O) groups is 1. The van der Waals surface area contributed by atoms with Crippen LogP contribution in [-0.4, -0.2) is 52.7 Å². The molecule has 0 radical (unpaired) electrons. The van der Waals surface area contributed by atoms with Gasteiger partial charge in [0.15, 0.2) is 5.16 Å². The van der Waals surface area contributed by atoms with Crippen molar-refractivity contribution in [3.8, 4) is 5.69 Å². The summed E-state index contributed by atoms with van der Waals surface area (Å²) in [4.78, 5) is 14.9. The quantitative estimate of drug-likeness (QED) is 0.568. The molecule has 1 N–H and O–H groups in total. The molecule has 0 bridgehead atoms. The molecule has 162 valence electrons. The summed E-state index contributed by atoms with van der Waals surface area (Å²) < 4.78 is 7.50. The van der Waals surface area contributed by atoms with Crippen LogP contribution in [0.25, 0.3) is 5.69 Å². The molecule has 7 nitrogen and oxygen atoms in total. The molecule has 31 heavy (non-hydrogen) atoms. The van der Waals surface area contributed by atoms with Crippen molar-refractivity contribution in [3.05, 3.63) is 59.7 Å². The number of rotatable bonds is 7. The smallest absolute Gasteiger partial charge is 0.234 e. The Morgan fingerprint density at radius 3 is 2.61 bits per heavy atom. The predicted octanol–water partition coefficient (Wildman–Crippen LogP) is 3.71. The summed E-state index contributed by atoms with van der Waals surface area (Å²) >= 11 is 1.39. The molecule has 1 aliphatic rings. The third-order valence-electron chi connectivity index (χ3n) is 5.26. The highest BCUT2D eigenvalue weighted by Gasteiger charge is 2.22. The van der Waals surface area contributed by atoms with E-state index in [1.54, 1.807) is 0 Å². The number of anilines is 2. The number of aromatic nitrogens is 3. The summed E-state index contributed by atoms with van der Waals surface area (Å²) in [6, 6.07) is 16.1. The number of ether oxygens (including phenoxy) is 1. The van der Waals surface area contributed by atoms with Crippen LogP contribution in [0.5, 0.6) is 0 Å². The van der Waals surface area contributed by atoms with Crippen molar-refractivity contribution in [3.63, 3.8) is 0 Å². The van der Waals surface area contributed by atoms with E-state index in [2.05, 4.69) is 33.4 Å². The maximum atomic E-state index is 12.7. The Morgan fingerprint density at radius 2 is 1.87 bits per heavy atom. The van der Waals surface area contributed by atoms with E-state index in [-0.39, 0.29) is 11.7 Å². The van der Waals surface area contributed by atoms with Crippen molar-refractivity contribution < 1.29 is 9.53 Å². The van der Waals surface area contributed by atoms with Crippen molar-refractivity contribution >= 4 is 29.3 Å². The summed E-state index contributed by atoms with van der Waals surface area (Å²) in [5.41, 5.74) is 4.10. The van der Waals surface area contributed by atoms with E-state index >= 15 is 0 Å². The molecule has 4 rings (SSSR count). The number of para-hydroxylation sites is 2. The second kappa shape index (κ2) is 9.98. The zero-order chi connectivity index (χ0) is 21.6. The first kappa shape index (κ1) is 21.4. The van der Waals surface area contributed by atoms with Crippen molar-refractivity contribution in [1.82, 2.24) is 14.8 Å². The molecule has 1 aliphatic heterocycles. The number of thioether (sulfide) groups is 1. The number of nitrogens with zero attached hydrogens (tertiary/aromatic N) is 4. The summed E-state index contributed by atoms with van der Waals surface area (Å²) in [6.45, 7) is 6.98. The van der Waals surface area contributed by atoms with Gasteiger partial charge in [-0.05, 0) is 36.6 Å². The first-order valence-electron chi connectivity index (χ1n) is 10.5. The standard InChI is InChI=1S/C23H27N5O2S/c1-3-18-9-7-8-17(2)21(18)24-20(29)16-31-23-26-25-22(27-12-14-30-15-13-27)28(23)19-10-5-4-6-11-19/h4-11H,3,12-16H2,1-2H3,(H,24,29). The van der Waals surface area contributed by atoms with Crippen LogP contribution in [0.15, 0.2) is 53.7 Å². The number of morpholine rings is 1. The normalized spacial score (nSPS) is 13.9. The molecule has 1 aromatic heterocycles. The number of carbonyl (C=O) groups excluding carboxylic acids is 1. The van der Waals surface area contributed by atoms with E-state index in [0.717, 1.165) is 48.0 Å². The summed E-state index contributed by atoms with van der Waals surface area (Å²) in [5, 5.41) is 12.6. The number of aryl methyl sites for hydroxylation is 2. The SMILES string of the molecule is CCc1cccc(C)c1NC(=O)CSc1nnc(N2CCOCC2)n1-c1ccccc1. The van der Waals surface area contributed by atoms with Crippen LogP contribution >= 0.6 is 11.8 Å². The largest absolute Gasteiger partial charge is 0.378 e. The van der Waals surface area contributed by atoms with Crippen LogP contribution < -0.4 is 10.2 Å². The predicted molar refractivity (Wildman–Crippen MR) is 124 cm³/mol. The fraction of sp³-hybridized carbons (Fsp3) is 0.348. The Morgan fingerprint density at radius 1 is 1.10 bits per heavy atom. The average Bonchev–Trinajstić information content (AvgIpc) is 3.24. The highest BCUT2D eigenvalue weighted by Crippen LogP contribution is 2.28. The molecule has 2 aromatic carbocycles. The third kappa shape index (κ3) is 4.91. The van der Waals surface area contributed by atoms with Gasteiger partial charge in [-0.25, -0.2) is 0 Å². The van der Waals surface area contributed by atoms with Crippen molar-refractivity contribution in [2.75, 3.05) is 42.3 Å². The van der Waals surface area contributed by atoms with Gasteiger partial charge in [-0.1, -0.05) is 55.1 Å². The summed E-state index contributed by atoms with van der Waals surface area (Å²) in [7, 11) is 0. The molecular formula is C23H27N5O2S. The zero-order valence-corrected chi connectivity index (χ0v) is 18.7. The van der Waals surface area contributed by atoms with Crippen LogP contribution in [0.1, 0.15) is 18.1 Å². The first-order valence-corrected chi connectivity index (χ1v) is 11.5. The maximum absolute atomic E-state index is 12.7. The number of hydrogen-bond acceptors (Lipinski definition) is 6. The van der Waals surface area contributed by atoms with Gasteiger partial charge >= 0.3 is 0 Å². The molecular weight excluding hydrogens is 410 g/mol. The van der Waals surface area contributed by atoms with Gasteiger partial charge in [-0.15, -0.1) is 10.2 Å². The minimum absolute atomic E-state index is 0.0514. The van der Waals surface area contributed by atoms with Gasteiger partial charge in [-0.2, -0.15) is 0 Å². The lowest BCUT2D eigenvalue weighted by Crippen LogP contribution is -2.37. The van der Waals surface area contributed by atoms with Crippen LogP contribution in [0, 0.1) is 6.92 Å². The molecule has 0 aliphatic carbocycles. The van der Waals surface area contributed by atoms with E-state index in [9.17, 15) is 4.79 Å². The Kier molecular flexibility index (Phi) is 6.89. The van der Waals surface area contributed by atoms with Crippen molar-refractivity contribution in [2.24, 2.45) is 0 Å². The minimum Gasteiger partial charge on any atom is -0.378 e. The Bertz CT molecular complexity index is 1030. The monoisotopic (exact) mass is 437 g/mol. The lowest BCUT2D eigenvalue weighted by molar-refractivity contribution is -0.113. The van der Waals surface area contributed by atoms with E-state index in [4.69, 9.17) is 4.74 Å². The van der Waals surface area contributed by atoms with Gasteiger partial charge in [0, 0.05) is 18.8 Å². The van der Waals surface area contributed by atoms with E-state index in [1.807, 2.05) is 54.0 Å². The lowest BCUT2D eigenvalue weighted by atomic mass is 10.1. The topological polar surface area (TPSA) is 72.3 Å². The van der Waals surface area contributed by atoms with E-state index in [1.165, 1.54) is 11.8 Å². The average molecular weight is 438 g/mol. The molecule has 3 aromatic rings. The fourth-order valence-electron chi connectivity index (χ4n) is 3.63. The third-order valence-corrected chi connectivity index (χ3v) is 6.19. The van der Waals surface area contributed by atoms with Gasteiger partial charge in [0.05, 0.1) is 24.7 Å². The van der Waals surface area contributed by atoms with E-state index in [0.29, 0.717) is 18.4 Å². The van der Waals surface area contributed by atoms with Gasteiger partial charge < -0.3 is 15.0 Å². The molecule has 0 spiro atoms. The van der Waals surface area contributed by atoms with Crippen LogP contribution in [0.2, 0.25) is 0 Å². The number of amides is 1. The summed E-state index contributed by atoms with van der Waals surface area (Å²) in [5.74, 6) is 0.986. The van der Waals surface area contributed by atoms with Crippen LogP contribution in [0.4, 0.5) is 11.6 Å². The van der Waals surface area contributed by atoms with E-state index < -0.39 is 0 Å². The fourth-order valence-corrected chi connectivity index (χ4v) is 4.38. The summed E-state index contributed by atoms with van der Waals surface area (Å²) in [6.07, 6.45) is 0.871. The molecule has 2 heterocycles. The maximum Gasteiger partial charge on any atom is 0.234 e. The lowest BCUT2D eigenvalue weighted by Gasteiger charge is -2.27. The number of hydrogen-bond donors (Lipinski definition) is 1. The van der Waals surface area contributed by atoms with Crippen LogP contribution in [-0.2, 0) is 16.0 Å². The molecule has 0 saturated carbocycles.